The van der Waals surface area contributed by atoms with Crippen molar-refractivity contribution < 1.29 is 32.3 Å². The summed E-state index contributed by atoms with van der Waals surface area (Å²) in [7, 11) is -3.71. The van der Waals surface area contributed by atoms with Crippen LogP contribution in [0, 0.1) is 11.3 Å². The van der Waals surface area contributed by atoms with Crippen LogP contribution in [0.1, 0.15) is 33.3 Å². The van der Waals surface area contributed by atoms with Crippen LogP contribution in [0.3, 0.4) is 0 Å². The average molecular weight is 423 g/mol. The van der Waals surface area contributed by atoms with Gasteiger partial charge in [0.1, 0.15) is 30.0 Å². The van der Waals surface area contributed by atoms with Crippen LogP contribution in [0.4, 0.5) is 4.79 Å². The number of sulfone groups is 1. The van der Waals surface area contributed by atoms with Crippen LogP contribution in [0.25, 0.3) is 0 Å². The van der Waals surface area contributed by atoms with Crippen molar-refractivity contribution in [3.8, 4) is 0 Å². The second-order valence-electron chi connectivity index (χ2n) is 8.47. The van der Waals surface area contributed by atoms with Crippen LogP contribution < -0.4 is 0 Å². The molecule has 0 saturated carbocycles. The van der Waals surface area contributed by atoms with Crippen LogP contribution in [-0.4, -0.2) is 54.4 Å². The molecule has 0 aromatic heterocycles. The summed E-state index contributed by atoms with van der Waals surface area (Å²) in [5.41, 5.74) is -0.00557. The van der Waals surface area contributed by atoms with Crippen molar-refractivity contribution in [3.63, 3.8) is 0 Å². The molecule has 0 N–H and O–H groups in total. The molecule has 2 saturated heterocycles. The molecule has 2 aliphatic heterocycles. The Hall–Kier alpha value is -2.42. The molecule has 2 fully saturated rings. The average Bonchev–Trinajstić information content (AvgIpc) is 2.86. The number of β-lactam (4-membered cyclic amide) rings is 1. The fourth-order valence-corrected chi connectivity index (χ4v) is 6.08. The third kappa shape index (κ3) is 4.01. The molecule has 0 aliphatic carbocycles. The summed E-state index contributed by atoms with van der Waals surface area (Å²) in [6, 6.07) is 8.00. The number of ether oxygens (including phenoxy) is 2. The maximum atomic E-state index is 12.7. The van der Waals surface area contributed by atoms with E-state index in [4.69, 9.17) is 9.47 Å². The first-order chi connectivity index (χ1) is 13.4. The van der Waals surface area contributed by atoms with E-state index in [1.807, 2.05) is 6.07 Å². The van der Waals surface area contributed by atoms with Crippen LogP contribution in [0.5, 0.6) is 0 Å². The van der Waals surface area contributed by atoms with E-state index in [9.17, 15) is 22.8 Å². The maximum absolute atomic E-state index is 12.7. The first kappa shape index (κ1) is 21.3. The van der Waals surface area contributed by atoms with Crippen LogP contribution in [0.2, 0.25) is 0 Å². The van der Waals surface area contributed by atoms with E-state index in [-0.39, 0.29) is 12.4 Å². The van der Waals surface area contributed by atoms with Gasteiger partial charge in [-0.25, -0.2) is 13.2 Å². The van der Waals surface area contributed by atoms with E-state index in [0.717, 1.165) is 10.5 Å². The highest BCUT2D eigenvalue weighted by Gasteiger charge is 2.66. The van der Waals surface area contributed by atoms with E-state index in [0.29, 0.717) is 0 Å². The molecule has 3 rings (SSSR count). The van der Waals surface area contributed by atoms with Crippen molar-refractivity contribution in [3.05, 3.63) is 35.9 Å². The van der Waals surface area contributed by atoms with Gasteiger partial charge in [-0.05, 0) is 12.5 Å². The molecule has 158 valence electrons. The van der Waals surface area contributed by atoms with Crippen molar-refractivity contribution in [1.29, 1.82) is 0 Å². The van der Waals surface area contributed by atoms with Crippen LogP contribution >= 0.6 is 0 Å². The molecule has 2 unspecified atom stereocenters. The summed E-state index contributed by atoms with van der Waals surface area (Å²) in [6.45, 7) is 6.52. The Bertz CT molecular complexity index is 920. The third-order valence-corrected chi connectivity index (χ3v) is 7.28. The summed E-state index contributed by atoms with van der Waals surface area (Å²) < 4.78 is 35.4. The molecule has 8 nitrogen and oxygen atoms in total. The van der Waals surface area contributed by atoms with E-state index >= 15 is 0 Å². The number of hydrogen-bond acceptors (Lipinski definition) is 7. The smallest absolute Gasteiger partial charge is 0.430 e. The molecule has 1 amide bonds. The zero-order valence-corrected chi connectivity index (χ0v) is 17.6. The fraction of sp³-hybridized carbons (Fsp3) is 0.550. The molecule has 0 radical (unpaired) electrons. The lowest BCUT2D eigenvalue weighted by molar-refractivity contribution is -0.164. The third-order valence-electron chi connectivity index (χ3n) is 5.24. The van der Waals surface area contributed by atoms with Gasteiger partial charge in [0.25, 0.3) is 0 Å². The molecular weight excluding hydrogens is 398 g/mol. The highest BCUT2D eigenvalue weighted by atomic mass is 32.2. The Morgan fingerprint density at radius 3 is 2.41 bits per heavy atom. The largest absolute Gasteiger partial charge is 0.508 e. The van der Waals surface area contributed by atoms with Gasteiger partial charge in [-0.3, -0.25) is 9.59 Å². The Morgan fingerprint density at radius 2 is 1.83 bits per heavy atom. The number of nitrogens with zero attached hydrogens (tertiary/aromatic N) is 1. The number of amides is 1. The minimum Gasteiger partial charge on any atom is -0.430 e. The highest BCUT2D eigenvalue weighted by molar-refractivity contribution is 7.92. The first-order valence-electron chi connectivity index (χ1n) is 9.39. The summed E-state index contributed by atoms with van der Waals surface area (Å²) in [6.07, 6.45) is -1.98. The molecule has 0 spiro atoms. The predicted molar refractivity (Wildman–Crippen MR) is 103 cm³/mol. The van der Waals surface area contributed by atoms with Crippen LogP contribution in [-0.2, 0) is 35.5 Å². The van der Waals surface area contributed by atoms with Gasteiger partial charge in [-0.1, -0.05) is 51.1 Å². The minimum atomic E-state index is -3.71. The lowest BCUT2D eigenvalue weighted by atomic mass is 9.83. The monoisotopic (exact) mass is 423 g/mol. The number of carbonyl (C=O) groups is 3. The number of benzene rings is 1. The molecule has 4 atom stereocenters. The molecule has 2 heterocycles. The van der Waals surface area contributed by atoms with Gasteiger partial charge >= 0.3 is 6.16 Å². The SMILES string of the molecule is CC(OC(=O)OCc1ccccc1)[C@H]1C(=O)N2C(C(=O)C(C)(C)C)CS(=O)(=O)[C@@H]12. The molecule has 0 bridgehead atoms. The first-order valence-corrected chi connectivity index (χ1v) is 11.1. The second-order valence-corrected chi connectivity index (χ2v) is 10.6. The molecular formula is C20H25NO7S. The van der Waals surface area contributed by atoms with E-state index < -0.39 is 56.5 Å². The summed E-state index contributed by atoms with van der Waals surface area (Å²) in [5, 5.41) is -1.15. The number of fused-ring (bicyclic) bond motifs is 1. The topological polar surface area (TPSA) is 107 Å². The predicted octanol–water partition coefficient (Wildman–Crippen LogP) is 1.93. The maximum Gasteiger partial charge on any atom is 0.508 e. The Balaban J connectivity index is 1.65. The lowest BCUT2D eigenvalue weighted by Gasteiger charge is -2.45. The van der Waals surface area contributed by atoms with Gasteiger partial charge in [-0.15, -0.1) is 0 Å². The number of hydrogen-bond donors (Lipinski definition) is 0. The molecule has 2 aliphatic rings. The fourth-order valence-electron chi connectivity index (χ4n) is 3.75. The Labute approximate surface area is 170 Å². The normalized spacial score (nSPS) is 26.3. The van der Waals surface area contributed by atoms with Crippen LogP contribution in [0.15, 0.2) is 30.3 Å². The second kappa shape index (κ2) is 7.44. The number of ketones is 1. The molecule has 1 aromatic rings. The summed E-state index contributed by atoms with van der Waals surface area (Å²) >= 11 is 0. The van der Waals surface area contributed by atoms with Gasteiger partial charge in [0.15, 0.2) is 15.6 Å². The lowest BCUT2D eigenvalue weighted by Crippen LogP contribution is -2.66. The molecule has 29 heavy (non-hydrogen) atoms. The van der Waals surface area contributed by atoms with Gasteiger partial charge in [0.2, 0.25) is 5.91 Å². The quantitative estimate of drug-likeness (QED) is 0.526. The van der Waals surface area contributed by atoms with Crippen molar-refractivity contribution in [2.24, 2.45) is 11.3 Å². The molecule has 9 heteroatoms. The van der Waals surface area contributed by atoms with Crippen molar-refractivity contribution in [2.75, 3.05) is 5.75 Å². The minimum absolute atomic E-state index is 0.00101. The van der Waals surface area contributed by atoms with Crippen molar-refractivity contribution in [2.45, 2.75) is 51.8 Å². The van der Waals surface area contributed by atoms with E-state index in [1.54, 1.807) is 45.0 Å². The van der Waals surface area contributed by atoms with Crippen molar-refractivity contribution >= 4 is 27.7 Å². The van der Waals surface area contributed by atoms with Crippen molar-refractivity contribution in [1.82, 2.24) is 4.90 Å². The van der Waals surface area contributed by atoms with E-state index in [2.05, 4.69) is 0 Å². The van der Waals surface area contributed by atoms with Gasteiger partial charge in [0.05, 0.1) is 5.75 Å². The number of rotatable bonds is 5. The zero-order chi connectivity index (χ0) is 21.6. The Kier molecular flexibility index (Phi) is 5.46. The van der Waals surface area contributed by atoms with Gasteiger partial charge in [0, 0.05) is 5.41 Å². The highest BCUT2D eigenvalue weighted by Crippen LogP contribution is 2.43. The van der Waals surface area contributed by atoms with E-state index in [1.165, 1.54) is 6.92 Å². The number of Topliss-reactive ketones (excluding diaryl/α,β-unsaturated/α-hetero) is 1. The van der Waals surface area contributed by atoms with Gasteiger partial charge < -0.3 is 14.4 Å². The zero-order valence-electron chi connectivity index (χ0n) is 16.8. The number of carbonyl (C=O) groups excluding carboxylic acids is 3. The Morgan fingerprint density at radius 1 is 1.21 bits per heavy atom. The van der Waals surface area contributed by atoms with Gasteiger partial charge in [-0.2, -0.15) is 0 Å². The summed E-state index contributed by atoms with van der Waals surface area (Å²) in [5.74, 6) is -2.24. The summed E-state index contributed by atoms with van der Waals surface area (Å²) in [4.78, 5) is 38.3. The standard InChI is InChI=1S/C20H25NO7S/c1-12(28-19(24)27-10-13-8-6-5-7-9-13)15-17(23)21-14(16(22)20(2,3)4)11-29(25,26)18(15)21/h5-9,12,14-15,18H,10-11H2,1-4H3/t12?,14?,15-,18-/m0/s1. The molecule has 1 aromatic carbocycles.